The molecule has 1 N–H and O–H groups in total. The molecule has 0 spiro atoms. The highest BCUT2D eigenvalue weighted by atomic mass is 16.7. The average molecular weight is 330 g/mol. The molecule has 0 bridgehead atoms. The lowest BCUT2D eigenvalue weighted by atomic mass is 9.77. The maximum Gasteiger partial charge on any atom is 0.231 e. The fourth-order valence-corrected chi connectivity index (χ4v) is 2.85. The van der Waals surface area contributed by atoms with Crippen molar-refractivity contribution in [3.8, 4) is 23.0 Å². The lowest BCUT2D eigenvalue weighted by Gasteiger charge is -2.28. The van der Waals surface area contributed by atoms with Crippen LogP contribution in [0, 0.1) is 0 Å². The molecule has 0 unspecified atom stereocenters. The number of aliphatic hydroxyl groups excluding tert-OH is 1. The Morgan fingerprint density at radius 1 is 1.08 bits per heavy atom. The van der Waals surface area contributed by atoms with Gasteiger partial charge in [0.25, 0.3) is 0 Å². The molecular formula is C19H22O5. The van der Waals surface area contributed by atoms with E-state index in [1.807, 2.05) is 36.4 Å². The van der Waals surface area contributed by atoms with Crippen LogP contribution in [-0.2, 0) is 5.41 Å². The van der Waals surface area contributed by atoms with E-state index >= 15 is 0 Å². The second kappa shape index (κ2) is 6.61. The summed E-state index contributed by atoms with van der Waals surface area (Å²) >= 11 is 0. The Labute approximate surface area is 141 Å². The molecule has 2 aromatic rings. The predicted octanol–water partition coefficient (Wildman–Crippen LogP) is 3.12. The Balaban J connectivity index is 2.04. The van der Waals surface area contributed by atoms with Crippen LogP contribution in [-0.4, -0.2) is 32.2 Å². The Kier molecular flexibility index (Phi) is 4.53. The zero-order chi connectivity index (χ0) is 17.2. The van der Waals surface area contributed by atoms with Gasteiger partial charge in [-0.3, -0.25) is 0 Å². The van der Waals surface area contributed by atoms with Gasteiger partial charge in [-0.05, 0) is 23.8 Å². The molecule has 5 nitrogen and oxygen atoms in total. The van der Waals surface area contributed by atoms with Gasteiger partial charge >= 0.3 is 0 Å². The maximum atomic E-state index is 9.09. The SMILES string of the molecule is COc1ccc(C(C)(C)c2cc3c(cc2OCCO)OCO3)cc1. The minimum atomic E-state index is -0.321. The first-order chi connectivity index (χ1) is 11.6. The molecule has 0 radical (unpaired) electrons. The number of benzene rings is 2. The van der Waals surface area contributed by atoms with Crippen LogP contribution in [0.1, 0.15) is 25.0 Å². The number of hydrogen-bond donors (Lipinski definition) is 1. The van der Waals surface area contributed by atoms with Crippen LogP contribution in [0.2, 0.25) is 0 Å². The summed E-state index contributed by atoms with van der Waals surface area (Å²) in [5.74, 6) is 2.88. The first-order valence-corrected chi connectivity index (χ1v) is 7.88. The molecule has 128 valence electrons. The van der Waals surface area contributed by atoms with Gasteiger partial charge in [-0.15, -0.1) is 0 Å². The van der Waals surface area contributed by atoms with E-state index in [1.165, 1.54) is 0 Å². The van der Waals surface area contributed by atoms with Gasteiger partial charge in [0, 0.05) is 17.0 Å². The molecule has 5 heteroatoms. The van der Waals surface area contributed by atoms with Crippen LogP contribution in [0.25, 0.3) is 0 Å². The number of methoxy groups -OCH3 is 1. The number of hydrogen-bond acceptors (Lipinski definition) is 5. The number of ether oxygens (including phenoxy) is 4. The molecule has 1 heterocycles. The third-order valence-corrected chi connectivity index (χ3v) is 4.31. The summed E-state index contributed by atoms with van der Waals surface area (Å²) in [6, 6.07) is 11.8. The van der Waals surface area contributed by atoms with Crippen LogP contribution in [0.15, 0.2) is 36.4 Å². The minimum Gasteiger partial charge on any atom is -0.497 e. The van der Waals surface area contributed by atoms with Crippen molar-refractivity contribution in [3.05, 3.63) is 47.5 Å². The quantitative estimate of drug-likeness (QED) is 0.882. The van der Waals surface area contributed by atoms with E-state index in [-0.39, 0.29) is 25.4 Å². The van der Waals surface area contributed by atoms with Crippen molar-refractivity contribution in [1.82, 2.24) is 0 Å². The van der Waals surface area contributed by atoms with Crippen molar-refractivity contribution in [2.75, 3.05) is 27.1 Å². The van der Waals surface area contributed by atoms with Gasteiger partial charge in [-0.1, -0.05) is 26.0 Å². The summed E-state index contributed by atoms with van der Waals surface area (Å²) in [7, 11) is 1.65. The zero-order valence-electron chi connectivity index (χ0n) is 14.2. The molecule has 1 aliphatic heterocycles. The molecule has 24 heavy (non-hydrogen) atoms. The van der Waals surface area contributed by atoms with E-state index in [0.717, 1.165) is 16.9 Å². The van der Waals surface area contributed by atoms with E-state index in [1.54, 1.807) is 7.11 Å². The predicted molar refractivity (Wildman–Crippen MR) is 90.3 cm³/mol. The highest BCUT2D eigenvalue weighted by Gasteiger charge is 2.30. The molecule has 0 saturated carbocycles. The Bertz CT molecular complexity index is 706. The van der Waals surface area contributed by atoms with Gasteiger partial charge in [0.2, 0.25) is 6.79 Å². The maximum absolute atomic E-state index is 9.09. The van der Waals surface area contributed by atoms with Crippen molar-refractivity contribution < 1.29 is 24.1 Å². The minimum absolute atomic E-state index is 0.0448. The molecule has 2 aromatic carbocycles. The van der Waals surface area contributed by atoms with Crippen molar-refractivity contribution in [2.45, 2.75) is 19.3 Å². The van der Waals surface area contributed by atoms with Gasteiger partial charge < -0.3 is 24.1 Å². The lowest BCUT2D eigenvalue weighted by molar-refractivity contribution is 0.173. The lowest BCUT2D eigenvalue weighted by Crippen LogP contribution is -2.20. The average Bonchev–Trinajstić information content (AvgIpc) is 3.06. The van der Waals surface area contributed by atoms with Crippen LogP contribution in [0.5, 0.6) is 23.0 Å². The standard InChI is InChI=1S/C19H22O5/c1-19(2,13-4-6-14(21-3)7-5-13)15-10-17-18(24-12-23-17)11-16(15)22-9-8-20/h4-7,10-11,20H,8-9,12H2,1-3H3. The second-order valence-electron chi connectivity index (χ2n) is 6.13. The van der Waals surface area contributed by atoms with Gasteiger partial charge in [0.15, 0.2) is 11.5 Å². The third kappa shape index (κ3) is 2.99. The normalized spacial score (nSPS) is 13.0. The first-order valence-electron chi connectivity index (χ1n) is 7.88. The molecule has 0 saturated heterocycles. The molecule has 3 rings (SSSR count). The summed E-state index contributed by atoms with van der Waals surface area (Å²) < 4.78 is 22.0. The van der Waals surface area contributed by atoms with E-state index in [9.17, 15) is 0 Å². The third-order valence-electron chi connectivity index (χ3n) is 4.31. The molecule has 0 aliphatic carbocycles. The van der Waals surface area contributed by atoms with Crippen LogP contribution < -0.4 is 18.9 Å². The summed E-state index contributed by atoms with van der Waals surface area (Å²) in [4.78, 5) is 0. The van der Waals surface area contributed by atoms with Crippen molar-refractivity contribution >= 4 is 0 Å². The molecule has 0 fully saturated rings. The van der Waals surface area contributed by atoms with Gasteiger partial charge in [-0.25, -0.2) is 0 Å². The van der Waals surface area contributed by atoms with Crippen molar-refractivity contribution in [3.63, 3.8) is 0 Å². The Morgan fingerprint density at radius 2 is 1.75 bits per heavy atom. The molecule has 0 atom stereocenters. The highest BCUT2D eigenvalue weighted by molar-refractivity contribution is 5.56. The van der Waals surface area contributed by atoms with E-state index in [2.05, 4.69) is 13.8 Å². The number of aliphatic hydroxyl groups is 1. The first kappa shape index (κ1) is 16.5. The number of fused-ring (bicyclic) bond motifs is 1. The Hall–Kier alpha value is -2.40. The smallest absolute Gasteiger partial charge is 0.231 e. The van der Waals surface area contributed by atoms with Gasteiger partial charge in [-0.2, -0.15) is 0 Å². The highest BCUT2D eigenvalue weighted by Crippen LogP contribution is 2.45. The fraction of sp³-hybridized carbons (Fsp3) is 0.368. The second-order valence-corrected chi connectivity index (χ2v) is 6.13. The summed E-state index contributed by atoms with van der Waals surface area (Å²) in [6.07, 6.45) is 0. The van der Waals surface area contributed by atoms with E-state index < -0.39 is 0 Å². The monoisotopic (exact) mass is 330 g/mol. The molecule has 0 aromatic heterocycles. The molecular weight excluding hydrogens is 308 g/mol. The van der Waals surface area contributed by atoms with Crippen LogP contribution in [0.3, 0.4) is 0 Å². The van der Waals surface area contributed by atoms with Crippen LogP contribution in [0.4, 0.5) is 0 Å². The van der Waals surface area contributed by atoms with E-state index in [0.29, 0.717) is 17.2 Å². The van der Waals surface area contributed by atoms with E-state index in [4.69, 9.17) is 24.1 Å². The fourth-order valence-electron chi connectivity index (χ4n) is 2.85. The number of rotatable bonds is 6. The van der Waals surface area contributed by atoms with Gasteiger partial charge in [0.05, 0.1) is 13.7 Å². The summed E-state index contributed by atoms with van der Waals surface area (Å²) in [5.41, 5.74) is 1.78. The summed E-state index contributed by atoms with van der Waals surface area (Å²) in [5, 5.41) is 9.09. The van der Waals surface area contributed by atoms with Gasteiger partial charge in [0.1, 0.15) is 18.1 Å². The zero-order valence-corrected chi connectivity index (χ0v) is 14.2. The summed E-state index contributed by atoms with van der Waals surface area (Å²) in [6.45, 7) is 4.64. The molecule has 1 aliphatic rings. The van der Waals surface area contributed by atoms with Crippen molar-refractivity contribution in [2.24, 2.45) is 0 Å². The Morgan fingerprint density at radius 3 is 2.38 bits per heavy atom. The molecule has 0 amide bonds. The van der Waals surface area contributed by atoms with Crippen LogP contribution >= 0.6 is 0 Å². The topological polar surface area (TPSA) is 57.2 Å². The van der Waals surface area contributed by atoms with Crippen molar-refractivity contribution in [1.29, 1.82) is 0 Å². The largest absolute Gasteiger partial charge is 0.497 e.